The van der Waals surface area contributed by atoms with Crippen LogP contribution in [0.1, 0.15) is 54.0 Å². The van der Waals surface area contributed by atoms with Crippen molar-refractivity contribution in [3.05, 3.63) is 81.4 Å². The lowest BCUT2D eigenvalue weighted by atomic mass is 9.99. The second kappa shape index (κ2) is 10.8. The second-order valence-corrected chi connectivity index (χ2v) is 9.68. The van der Waals surface area contributed by atoms with E-state index in [1.54, 1.807) is 18.5 Å². The first-order chi connectivity index (χ1) is 18.0. The molecule has 0 radical (unpaired) electrons. The molecule has 9 nitrogen and oxygen atoms in total. The molecule has 2 aliphatic heterocycles. The van der Waals surface area contributed by atoms with Gasteiger partial charge in [0.15, 0.2) is 0 Å². The number of piperazine rings is 1. The van der Waals surface area contributed by atoms with Crippen LogP contribution in [0.5, 0.6) is 0 Å². The maximum absolute atomic E-state index is 12.9. The molecule has 37 heavy (non-hydrogen) atoms. The standard InChI is InChI=1S/C28H31N7O2/c1-20-25(18-31-32-28(20)37)35-19-22-6-2-3-7-23(22)24(35)8-4-5-9-27(36)34-14-12-33(13-15-34)26-11-10-21(16-29)17-30-26/h2-3,6-7,10-11,17-18,24H,4-5,8-9,12-15,19H2,1H3,(H,32,37)/t24-/m1/s1. The first kappa shape index (κ1) is 24.5. The van der Waals surface area contributed by atoms with Crippen molar-refractivity contribution >= 4 is 17.4 Å². The lowest BCUT2D eigenvalue weighted by Crippen LogP contribution is -2.49. The molecule has 1 amide bonds. The summed E-state index contributed by atoms with van der Waals surface area (Å²) in [6.07, 6.45) is 6.53. The number of nitrogens with zero attached hydrogens (tertiary/aromatic N) is 6. The average Bonchev–Trinajstić information content (AvgIpc) is 3.31. The summed E-state index contributed by atoms with van der Waals surface area (Å²) in [6.45, 7) is 5.43. The monoisotopic (exact) mass is 497 g/mol. The van der Waals surface area contributed by atoms with Crippen molar-refractivity contribution in [3.8, 4) is 6.07 Å². The number of fused-ring (bicyclic) bond motifs is 1. The number of nitrogens with one attached hydrogen (secondary N) is 1. The highest BCUT2D eigenvalue weighted by Gasteiger charge is 2.31. The number of hydrogen-bond acceptors (Lipinski definition) is 7. The zero-order chi connectivity index (χ0) is 25.8. The van der Waals surface area contributed by atoms with Crippen LogP contribution in [-0.4, -0.2) is 52.2 Å². The van der Waals surface area contributed by atoms with Crippen molar-refractivity contribution in [2.75, 3.05) is 36.0 Å². The van der Waals surface area contributed by atoms with Crippen molar-refractivity contribution in [1.29, 1.82) is 5.26 Å². The number of aromatic nitrogens is 3. The minimum absolute atomic E-state index is 0.159. The molecule has 0 saturated carbocycles. The van der Waals surface area contributed by atoms with Gasteiger partial charge in [0.05, 0.1) is 23.5 Å². The Hall–Kier alpha value is -4.19. The number of benzene rings is 1. The fourth-order valence-electron chi connectivity index (χ4n) is 5.36. The molecule has 2 aromatic heterocycles. The van der Waals surface area contributed by atoms with Crippen LogP contribution in [0.2, 0.25) is 0 Å². The third-order valence-electron chi connectivity index (χ3n) is 7.47. The third-order valence-corrected chi connectivity index (χ3v) is 7.47. The Kier molecular flexibility index (Phi) is 7.17. The number of carbonyl (C=O) groups excluding carboxylic acids is 1. The maximum Gasteiger partial charge on any atom is 0.269 e. The molecular formula is C28H31N7O2. The minimum atomic E-state index is -0.159. The van der Waals surface area contributed by atoms with E-state index in [0.29, 0.717) is 30.6 Å². The second-order valence-electron chi connectivity index (χ2n) is 9.68. The zero-order valence-electron chi connectivity index (χ0n) is 21.1. The van der Waals surface area contributed by atoms with Crippen LogP contribution < -0.4 is 15.4 Å². The highest BCUT2D eigenvalue weighted by molar-refractivity contribution is 5.76. The van der Waals surface area contributed by atoms with Gasteiger partial charge in [-0.15, -0.1) is 0 Å². The van der Waals surface area contributed by atoms with E-state index in [1.807, 2.05) is 17.9 Å². The molecule has 2 aliphatic rings. The Morgan fingerprint density at radius 2 is 1.92 bits per heavy atom. The van der Waals surface area contributed by atoms with Gasteiger partial charge in [-0.3, -0.25) is 9.59 Å². The highest BCUT2D eigenvalue weighted by atomic mass is 16.2. The molecule has 0 unspecified atom stereocenters. The van der Waals surface area contributed by atoms with E-state index in [2.05, 4.69) is 55.3 Å². The Morgan fingerprint density at radius 3 is 2.68 bits per heavy atom. The summed E-state index contributed by atoms with van der Waals surface area (Å²) < 4.78 is 0. The van der Waals surface area contributed by atoms with Crippen LogP contribution in [-0.2, 0) is 11.3 Å². The summed E-state index contributed by atoms with van der Waals surface area (Å²) in [7, 11) is 0. The first-order valence-corrected chi connectivity index (χ1v) is 12.8. The molecule has 1 N–H and O–H groups in total. The molecule has 4 heterocycles. The summed E-state index contributed by atoms with van der Waals surface area (Å²) in [5.41, 5.74) is 4.51. The Bertz CT molecular complexity index is 1350. The fraction of sp³-hybridized carbons (Fsp3) is 0.393. The van der Waals surface area contributed by atoms with Crippen molar-refractivity contribution < 1.29 is 4.79 Å². The summed E-state index contributed by atoms with van der Waals surface area (Å²) >= 11 is 0. The van der Waals surface area contributed by atoms with E-state index in [4.69, 9.17) is 5.26 Å². The van der Waals surface area contributed by atoms with Crippen molar-refractivity contribution in [1.82, 2.24) is 20.1 Å². The van der Waals surface area contributed by atoms with E-state index in [0.717, 1.165) is 50.4 Å². The van der Waals surface area contributed by atoms with E-state index >= 15 is 0 Å². The predicted molar refractivity (Wildman–Crippen MR) is 141 cm³/mol. The van der Waals surface area contributed by atoms with E-state index in [-0.39, 0.29) is 17.5 Å². The number of amides is 1. The molecule has 0 bridgehead atoms. The van der Waals surface area contributed by atoms with E-state index in [1.165, 1.54) is 11.1 Å². The topological polar surface area (TPSA) is 109 Å². The summed E-state index contributed by atoms with van der Waals surface area (Å²) in [4.78, 5) is 35.8. The molecule has 0 aliphatic carbocycles. The van der Waals surface area contributed by atoms with E-state index < -0.39 is 0 Å². The van der Waals surface area contributed by atoms with Crippen molar-refractivity contribution in [2.45, 2.75) is 45.2 Å². The van der Waals surface area contributed by atoms with Gasteiger partial charge in [-0.2, -0.15) is 10.4 Å². The molecule has 1 atom stereocenters. The Balaban J connectivity index is 1.14. The van der Waals surface area contributed by atoms with Crippen molar-refractivity contribution in [2.24, 2.45) is 0 Å². The molecule has 1 saturated heterocycles. The molecule has 3 aromatic rings. The highest BCUT2D eigenvalue weighted by Crippen LogP contribution is 2.40. The number of H-pyrrole nitrogens is 1. The lowest BCUT2D eigenvalue weighted by Gasteiger charge is -2.35. The van der Waals surface area contributed by atoms with Gasteiger partial charge in [0.1, 0.15) is 11.9 Å². The van der Waals surface area contributed by atoms with Crippen LogP contribution in [0.3, 0.4) is 0 Å². The lowest BCUT2D eigenvalue weighted by molar-refractivity contribution is -0.131. The minimum Gasteiger partial charge on any atom is -0.358 e. The van der Waals surface area contributed by atoms with Gasteiger partial charge in [-0.05, 0) is 43.0 Å². The molecule has 0 spiro atoms. The molecule has 5 rings (SSSR count). The van der Waals surface area contributed by atoms with Crippen LogP contribution in [0.4, 0.5) is 11.5 Å². The number of unbranched alkanes of at least 4 members (excludes halogenated alkanes) is 1. The predicted octanol–water partition coefficient (Wildman–Crippen LogP) is 3.32. The maximum atomic E-state index is 12.9. The smallest absolute Gasteiger partial charge is 0.269 e. The molecule has 1 aromatic carbocycles. The third kappa shape index (κ3) is 5.19. The average molecular weight is 498 g/mol. The largest absolute Gasteiger partial charge is 0.358 e. The molecule has 9 heteroatoms. The van der Waals surface area contributed by atoms with Gasteiger partial charge < -0.3 is 14.7 Å². The summed E-state index contributed by atoms with van der Waals surface area (Å²) in [5.74, 6) is 1.05. The van der Waals surface area contributed by atoms with Crippen LogP contribution in [0.25, 0.3) is 0 Å². The normalized spacial score (nSPS) is 17.0. The quantitative estimate of drug-likeness (QED) is 0.499. The first-order valence-electron chi connectivity index (χ1n) is 12.8. The van der Waals surface area contributed by atoms with Gasteiger partial charge in [-0.1, -0.05) is 30.7 Å². The van der Waals surface area contributed by atoms with Crippen molar-refractivity contribution in [3.63, 3.8) is 0 Å². The van der Waals surface area contributed by atoms with Crippen LogP contribution >= 0.6 is 0 Å². The Morgan fingerprint density at radius 1 is 1.11 bits per heavy atom. The van der Waals surface area contributed by atoms with E-state index in [9.17, 15) is 9.59 Å². The summed E-state index contributed by atoms with van der Waals surface area (Å²) in [5, 5.41) is 15.5. The van der Waals surface area contributed by atoms with Gasteiger partial charge in [-0.25, -0.2) is 10.1 Å². The number of carbonyl (C=O) groups is 1. The SMILES string of the molecule is Cc1c(N2Cc3ccccc3[C@H]2CCCCC(=O)N2CCN(c3ccc(C#N)cn3)CC2)cn[nH]c1=O. The number of aromatic amines is 1. The number of hydrogen-bond donors (Lipinski definition) is 1. The van der Waals surface area contributed by atoms with Gasteiger partial charge in [0.2, 0.25) is 5.91 Å². The zero-order valence-corrected chi connectivity index (χ0v) is 21.1. The number of nitriles is 1. The van der Waals surface area contributed by atoms with Crippen LogP contribution in [0, 0.1) is 18.3 Å². The molecule has 190 valence electrons. The van der Waals surface area contributed by atoms with Gasteiger partial charge in [0.25, 0.3) is 5.56 Å². The molecule has 1 fully saturated rings. The Labute approximate surface area is 216 Å². The fourth-order valence-corrected chi connectivity index (χ4v) is 5.36. The van der Waals surface area contributed by atoms with Gasteiger partial charge in [0, 0.05) is 50.9 Å². The number of rotatable bonds is 7. The number of anilines is 2. The summed E-state index contributed by atoms with van der Waals surface area (Å²) in [6, 6.07) is 14.3. The van der Waals surface area contributed by atoms with Gasteiger partial charge >= 0.3 is 0 Å². The number of pyridine rings is 1. The van der Waals surface area contributed by atoms with Crippen LogP contribution in [0.15, 0.2) is 53.6 Å². The molecular weight excluding hydrogens is 466 g/mol.